The zero-order valence-electron chi connectivity index (χ0n) is 19.8. The van der Waals surface area contributed by atoms with Crippen LogP contribution in [0.1, 0.15) is 36.8 Å². The molecule has 1 aliphatic heterocycles. The van der Waals surface area contributed by atoms with E-state index in [1.807, 2.05) is 36.4 Å². The molecule has 3 rings (SSSR count). The topological polar surface area (TPSA) is 65.1 Å². The summed E-state index contributed by atoms with van der Waals surface area (Å²) < 4.78 is 17.5. The maximum atomic E-state index is 12.9. The van der Waals surface area contributed by atoms with Crippen LogP contribution in [-0.4, -0.2) is 48.5 Å². The summed E-state index contributed by atoms with van der Waals surface area (Å²) in [6.45, 7) is 1.04. The number of amides is 1. The van der Waals surface area contributed by atoms with E-state index in [0.29, 0.717) is 40.3 Å². The number of rotatable bonds is 12. The number of nitrogens with zero attached hydrogens (tertiary/aromatic N) is 1. The first-order chi connectivity index (χ1) is 16.9. The zero-order valence-corrected chi connectivity index (χ0v) is 23.0. The molecule has 0 saturated carbocycles. The number of thiocarbonyl (C=S) groups is 1. The Hall–Kier alpha value is -2.36. The van der Waals surface area contributed by atoms with E-state index in [-0.39, 0.29) is 11.9 Å². The Labute approximate surface area is 224 Å². The molecule has 1 aliphatic rings. The van der Waals surface area contributed by atoms with Crippen molar-refractivity contribution in [1.29, 1.82) is 0 Å². The van der Waals surface area contributed by atoms with Gasteiger partial charge in [-0.3, -0.25) is 14.5 Å². The predicted molar refractivity (Wildman–Crippen MR) is 147 cm³/mol. The number of halogens is 1. The summed E-state index contributed by atoms with van der Waals surface area (Å²) in [6.07, 6.45) is 5.30. The van der Waals surface area contributed by atoms with Crippen molar-refractivity contribution in [2.24, 2.45) is 0 Å². The minimum absolute atomic E-state index is 0.105. The molecule has 186 valence electrons. The summed E-state index contributed by atoms with van der Waals surface area (Å²) >= 11 is 10.3. The third kappa shape index (κ3) is 7.81. The van der Waals surface area contributed by atoms with Gasteiger partial charge in [-0.05, 0) is 58.1 Å². The van der Waals surface area contributed by atoms with E-state index in [1.165, 1.54) is 24.4 Å². The first kappa shape index (κ1) is 27.2. The van der Waals surface area contributed by atoms with Crippen molar-refractivity contribution < 1.29 is 23.8 Å². The van der Waals surface area contributed by atoms with Crippen LogP contribution in [0, 0.1) is 0 Å². The number of carbonyl (C=O) groups is 2. The predicted octanol–water partition coefficient (Wildman–Crippen LogP) is 6.01. The fraction of sp³-hybridized carbons (Fsp3) is 0.346. The van der Waals surface area contributed by atoms with Crippen LogP contribution in [0.25, 0.3) is 6.08 Å². The second kappa shape index (κ2) is 13.7. The van der Waals surface area contributed by atoms with E-state index >= 15 is 0 Å². The van der Waals surface area contributed by atoms with Gasteiger partial charge in [0.05, 0.1) is 30.2 Å². The minimum Gasteiger partial charge on any atom is -0.493 e. The molecular formula is C26H28BrNO5S2. The van der Waals surface area contributed by atoms with E-state index in [0.717, 1.165) is 35.7 Å². The van der Waals surface area contributed by atoms with Gasteiger partial charge in [-0.15, -0.1) is 0 Å². The highest BCUT2D eigenvalue weighted by atomic mass is 79.9. The first-order valence-corrected chi connectivity index (χ1v) is 13.3. The molecule has 9 heteroatoms. The molecule has 2 aromatic rings. The molecule has 0 spiro atoms. The molecular weight excluding hydrogens is 550 g/mol. The van der Waals surface area contributed by atoms with Crippen molar-refractivity contribution in [3.05, 3.63) is 63.0 Å². The highest BCUT2D eigenvalue weighted by Crippen LogP contribution is 2.39. The highest BCUT2D eigenvalue weighted by molar-refractivity contribution is 9.10. The number of ether oxygens (including phenoxy) is 3. The lowest BCUT2D eigenvalue weighted by Gasteiger charge is -2.14. The van der Waals surface area contributed by atoms with Crippen LogP contribution in [0.2, 0.25) is 0 Å². The summed E-state index contributed by atoms with van der Waals surface area (Å²) in [4.78, 5) is 26.3. The monoisotopic (exact) mass is 577 g/mol. The quantitative estimate of drug-likeness (QED) is 0.132. The normalized spacial score (nSPS) is 14.5. The molecule has 1 amide bonds. The standard InChI is InChI=1S/C26H28BrNO5S2/c1-31-21-16-19(15-20(27)24(21)33-14-12-18-9-5-3-6-10-18)17-22-25(30)28(26(34)35-22)13-8-4-7-11-23(29)32-2/h3,5-6,9-10,15-17H,4,7-8,11-14H2,1-2H3/b22-17-. The summed E-state index contributed by atoms with van der Waals surface area (Å²) in [6, 6.07) is 13.9. The Bertz CT molecular complexity index is 1090. The van der Waals surface area contributed by atoms with Crippen LogP contribution in [-0.2, 0) is 20.7 Å². The number of benzene rings is 2. The molecule has 0 atom stereocenters. The first-order valence-electron chi connectivity index (χ1n) is 11.3. The summed E-state index contributed by atoms with van der Waals surface area (Å²) in [5.41, 5.74) is 2.01. The largest absolute Gasteiger partial charge is 0.493 e. The van der Waals surface area contributed by atoms with Gasteiger partial charge in [0.1, 0.15) is 4.32 Å². The minimum atomic E-state index is -0.215. The molecule has 6 nitrogen and oxygen atoms in total. The van der Waals surface area contributed by atoms with Gasteiger partial charge in [0, 0.05) is 19.4 Å². The third-order valence-electron chi connectivity index (χ3n) is 5.39. The fourth-order valence-electron chi connectivity index (χ4n) is 3.54. The molecule has 0 bridgehead atoms. The van der Waals surface area contributed by atoms with E-state index in [4.69, 9.17) is 21.7 Å². The second-order valence-corrected chi connectivity index (χ2v) is 10.4. The average molecular weight is 579 g/mol. The third-order valence-corrected chi connectivity index (χ3v) is 7.36. The number of carbonyl (C=O) groups excluding carboxylic acids is 2. The Balaban J connectivity index is 1.61. The fourth-order valence-corrected chi connectivity index (χ4v) is 5.42. The van der Waals surface area contributed by atoms with Crippen LogP contribution >= 0.6 is 39.9 Å². The zero-order chi connectivity index (χ0) is 25.2. The number of thioether (sulfide) groups is 1. The molecule has 0 aliphatic carbocycles. The number of esters is 1. The number of hydrogen-bond donors (Lipinski definition) is 0. The Kier molecular flexibility index (Phi) is 10.6. The number of methoxy groups -OCH3 is 2. The molecule has 0 unspecified atom stereocenters. The molecule has 35 heavy (non-hydrogen) atoms. The number of unbranched alkanes of at least 4 members (excludes halogenated alkanes) is 2. The van der Waals surface area contributed by atoms with Crippen LogP contribution in [0.5, 0.6) is 11.5 Å². The summed E-state index contributed by atoms with van der Waals surface area (Å²) in [5.74, 6) is 0.888. The molecule has 1 fully saturated rings. The van der Waals surface area contributed by atoms with E-state index in [2.05, 4.69) is 32.8 Å². The van der Waals surface area contributed by atoms with E-state index < -0.39 is 0 Å². The van der Waals surface area contributed by atoms with Crippen molar-refractivity contribution >= 4 is 62.2 Å². The lowest BCUT2D eigenvalue weighted by Crippen LogP contribution is -2.29. The smallest absolute Gasteiger partial charge is 0.305 e. The van der Waals surface area contributed by atoms with Gasteiger partial charge in [-0.2, -0.15) is 0 Å². The van der Waals surface area contributed by atoms with Crippen molar-refractivity contribution in [3.8, 4) is 11.5 Å². The van der Waals surface area contributed by atoms with Crippen molar-refractivity contribution in [2.75, 3.05) is 27.4 Å². The summed E-state index contributed by atoms with van der Waals surface area (Å²) in [5, 5.41) is 0. The molecule has 1 saturated heterocycles. The van der Waals surface area contributed by atoms with Crippen LogP contribution in [0.15, 0.2) is 51.8 Å². The Morgan fingerprint density at radius 3 is 2.63 bits per heavy atom. The van der Waals surface area contributed by atoms with Crippen molar-refractivity contribution in [3.63, 3.8) is 0 Å². The SMILES string of the molecule is COC(=O)CCCCCN1C(=O)/C(=C/c2cc(Br)c(OCCc3ccccc3)c(OC)c2)SC1=S. The van der Waals surface area contributed by atoms with Gasteiger partial charge in [0.25, 0.3) is 5.91 Å². The molecule has 1 heterocycles. The van der Waals surface area contributed by atoms with Gasteiger partial charge in [0.2, 0.25) is 0 Å². The van der Waals surface area contributed by atoms with Crippen LogP contribution in [0.3, 0.4) is 0 Å². The van der Waals surface area contributed by atoms with Gasteiger partial charge < -0.3 is 14.2 Å². The summed E-state index contributed by atoms with van der Waals surface area (Å²) in [7, 11) is 2.98. The molecule has 0 aromatic heterocycles. The van der Waals surface area contributed by atoms with Crippen LogP contribution < -0.4 is 9.47 Å². The van der Waals surface area contributed by atoms with E-state index in [9.17, 15) is 9.59 Å². The second-order valence-electron chi connectivity index (χ2n) is 7.84. The molecule has 0 N–H and O–H groups in total. The van der Waals surface area contributed by atoms with Gasteiger partial charge in [-0.1, -0.05) is 60.7 Å². The molecule has 0 radical (unpaired) electrons. The number of hydrogen-bond acceptors (Lipinski definition) is 7. The van der Waals surface area contributed by atoms with Crippen molar-refractivity contribution in [2.45, 2.75) is 32.1 Å². The van der Waals surface area contributed by atoms with E-state index in [1.54, 1.807) is 12.0 Å². The maximum absolute atomic E-state index is 12.9. The van der Waals surface area contributed by atoms with Gasteiger partial charge in [-0.25, -0.2) is 0 Å². The average Bonchev–Trinajstić information content (AvgIpc) is 3.12. The van der Waals surface area contributed by atoms with Crippen molar-refractivity contribution in [1.82, 2.24) is 4.90 Å². The molecule has 2 aromatic carbocycles. The highest BCUT2D eigenvalue weighted by Gasteiger charge is 2.31. The Morgan fingerprint density at radius 1 is 1.14 bits per heavy atom. The Morgan fingerprint density at radius 2 is 1.91 bits per heavy atom. The lowest BCUT2D eigenvalue weighted by atomic mass is 10.1. The lowest BCUT2D eigenvalue weighted by molar-refractivity contribution is -0.140. The van der Waals surface area contributed by atoms with Gasteiger partial charge in [0.15, 0.2) is 11.5 Å². The van der Waals surface area contributed by atoms with Gasteiger partial charge >= 0.3 is 5.97 Å². The maximum Gasteiger partial charge on any atom is 0.305 e. The van der Waals surface area contributed by atoms with Crippen LogP contribution in [0.4, 0.5) is 0 Å².